The summed E-state index contributed by atoms with van der Waals surface area (Å²) >= 11 is 5.97. The zero-order valence-electron chi connectivity index (χ0n) is 9.12. The molecule has 4 nitrogen and oxygen atoms in total. The zero-order valence-corrected chi connectivity index (χ0v) is 9.88. The monoisotopic (exact) mass is 237 g/mol. The summed E-state index contributed by atoms with van der Waals surface area (Å²) in [7, 11) is 0. The Morgan fingerprint density at radius 1 is 1.38 bits per heavy atom. The van der Waals surface area contributed by atoms with Crippen molar-refractivity contribution in [1.29, 1.82) is 0 Å². The van der Waals surface area contributed by atoms with Gasteiger partial charge < -0.3 is 9.73 Å². The Labute approximate surface area is 98.7 Å². The molecule has 0 saturated heterocycles. The number of hydrogen-bond donors (Lipinski definition) is 1. The van der Waals surface area contributed by atoms with Gasteiger partial charge in [0, 0.05) is 17.7 Å². The van der Waals surface area contributed by atoms with E-state index in [1.165, 1.54) is 0 Å². The average Bonchev–Trinajstić information content (AvgIpc) is 2.74. The van der Waals surface area contributed by atoms with Crippen molar-refractivity contribution in [2.75, 3.05) is 5.32 Å². The van der Waals surface area contributed by atoms with Gasteiger partial charge in [-0.1, -0.05) is 11.6 Å². The van der Waals surface area contributed by atoms with Crippen molar-refractivity contribution in [3.05, 3.63) is 40.7 Å². The number of anilines is 1. The van der Waals surface area contributed by atoms with E-state index in [4.69, 9.17) is 16.0 Å². The highest BCUT2D eigenvalue weighted by atomic mass is 35.5. The van der Waals surface area contributed by atoms with Gasteiger partial charge in [0.05, 0.1) is 12.5 Å². The van der Waals surface area contributed by atoms with Crippen LogP contribution in [0.3, 0.4) is 0 Å². The Kier molecular flexibility index (Phi) is 3.10. The maximum absolute atomic E-state index is 5.97. The average molecular weight is 238 g/mol. The van der Waals surface area contributed by atoms with Gasteiger partial charge in [0.15, 0.2) is 0 Å². The molecule has 2 heterocycles. The summed E-state index contributed by atoms with van der Waals surface area (Å²) in [5.74, 6) is 1.42. The Bertz CT molecular complexity index is 482. The lowest BCUT2D eigenvalue weighted by molar-refractivity contribution is 0.564. The highest BCUT2D eigenvalue weighted by molar-refractivity contribution is 6.30. The fourth-order valence-corrected chi connectivity index (χ4v) is 1.56. The number of furan rings is 1. The van der Waals surface area contributed by atoms with E-state index in [2.05, 4.69) is 15.3 Å². The van der Waals surface area contributed by atoms with Crippen LogP contribution in [0, 0.1) is 13.8 Å². The van der Waals surface area contributed by atoms with Crippen molar-refractivity contribution >= 4 is 17.4 Å². The highest BCUT2D eigenvalue weighted by Gasteiger charge is 2.06. The summed E-state index contributed by atoms with van der Waals surface area (Å²) < 4.78 is 4.98. The van der Waals surface area contributed by atoms with Crippen LogP contribution in [-0.2, 0) is 6.54 Å². The zero-order chi connectivity index (χ0) is 11.5. The number of aromatic nitrogens is 2. The van der Waals surface area contributed by atoms with E-state index in [1.54, 1.807) is 12.5 Å². The largest absolute Gasteiger partial charge is 0.472 e. The van der Waals surface area contributed by atoms with E-state index in [9.17, 15) is 0 Å². The molecule has 0 unspecified atom stereocenters. The van der Waals surface area contributed by atoms with Gasteiger partial charge in [-0.05, 0) is 19.9 Å². The van der Waals surface area contributed by atoms with Gasteiger partial charge in [-0.15, -0.1) is 0 Å². The van der Waals surface area contributed by atoms with E-state index >= 15 is 0 Å². The molecule has 2 rings (SSSR count). The molecule has 0 aliphatic heterocycles. The first-order chi connectivity index (χ1) is 7.66. The summed E-state index contributed by atoms with van der Waals surface area (Å²) in [4.78, 5) is 8.37. The van der Waals surface area contributed by atoms with Gasteiger partial charge in [-0.2, -0.15) is 0 Å². The standard InChI is InChI=1S/C11H12ClN3O/c1-7-10(12)14-8(2)15-11(7)13-5-9-3-4-16-6-9/h3-4,6H,5H2,1-2H3,(H,13,14,15). The van der Waals surface area contributed by atoms with Crippen LogP contribution in [0.1, 0.15) is 17.0 Å². The Morgan fingerprint density at radius 3 is 2.88 bits per heavy atom. The molecule has 0 bridgehead atoms. The van der Waals surface area contributed by atoms with E-state index in [1.807, 2.05) is 19.9 Å². The number of nitrogens with one attached hydrogen (secondary N) is 1. The number of nitrogens with zero attached hydrogens (tertiary/aromatic N) is 2. The molecule has 0 atom stereocenters. The topological polar surface area (TPSA) is 51.0 Å². The molecule has 2 aromatic rings. The first-order valence-corrected chi connectivity index (χ1v) is 5.30. The third-order valence-corrected chi connectivity index (χ3v) is 2.61. The quantitative estimate of drug-likeness (QED) is 0.834. The molecule has 2 aromatic heterocycles. The normalized spacial score (nSPS) is 10.4. The first-order valence-electron chi connectivity index (χ1n) is 4.92. The lowest BCUT2D eigenvalue weighted by Crippen LogP contribution is -2.05. The Morgan fingerprint density at radius 2 is 2.19 bits per heavy atom. The van der Waals surface area contributed by atoms with E-state index in [0.29, 0.717) is 17.5 Å². The molecule has 5 heteroatoms. The third kappa shape index (κ3) is 2.33. The lowest BCUT2D eigenvalue weighted by Gasteiger charge is -2.09. The molecule has 1 N–H and O–H groups in total. The predicted molar refractivity (Wildman–Crippen MR) is 62.6 cm³/mol. The molecular weight excluding hydrogens is 226 g/mol. The summed E-state index contributed by atoms with van der Waals surface area (Å²) in [6.45, 7) is 4.36. The van der Waals surface area contributed by atoms with Crippen LogP contribution in [0.15, 0.2) is 23.0 Å². The van der Waals surface area contributed by atoms with Gasteiger partial charge in [0.25, 0.3) is 0 Å². The van der Waals surface area contributed by atoms with Crippen LogP contribution in [0.25, 0.3) is 0 Å². The van der Waals surface area contributed by atoms with Crippen molar-refractivity contribution < 1.29 is 4.42 Å². The molecule has 0 fully saturated rings. The van der Waals surface area contributed by atoms with Gasteiger partial charge in [-0.3, -0.25) is 0 Å². The van der Waals surface area contributed by atoms with Gasteiger partial charge in [0.1, 0.15) is 16.8 Å². The minimum Gasteiger partial charge on any atom is -0.472 e. The minimum absolute atomic E-state index is 0.488. The fraction of sp³-hybridized carbons (Fsp3) is 0.273. The second kappa shape index (κ2) is 4.53. The molecule has 0 spiro atoms. The second-order valence-electron chi connectivity index (χ2n) is 3.52. The van der Waals surface area contributed by atoms with Crippen molar-refractivity contribution in [3.63, 3.8) is 0 Å². The minimum atomic E-state index is 0.488. The SMILES string of the molecule is Cc1nc(Cl)c(C)c(NCc2ccoc2)n1. The Hall–Kier alpha value is -1.55. The number of aryl methyl sites for hydroxylation is 1. The molecule has 0 aromatic carbocycles. The van der Waals surface area contributed by atoms with E-state index in [-0.39, 0.29) is 0 Å². The third-order valence-electron chi connectivity index (χ3n) is 2.24. The predicted octanol–water partition coefficient (Wildman–Crippen LogP) is 2.95. The number of hydrogen-bond acceptors (Lipinski definition) is 4. The smallest absolute Gasteiger partial charge is 0.137 e. The van der Waals surface area contributed by atoms with E-state index < -0.39 is 0 Å². The molecule has 0 aliphatic carbocycles. The van der Waals surface area contributed by atoms with Crippen LogP contribution in [-0.4, -0.2) is 9.97 Å². The maximum Gasteiger partial charge on any atom is 0.137 e. The highest BCUT2D eigenvalue weighted by Crippen LogP contribution is 2.20. The molecule has 0 saturated carbocycles. The Balaban J connectivity index is 2.15. The van der Waals surface area contributed by atoms with Crippen molar-refractivity contribution in [3.8, 4) is 0 Å². The summed E-state index contributed by atoms with van der Waals surface area (Å²) in [5, 5.41) is 3.69. The fourth-order valence-electron chi connectivity index (χ4n) is 1.35. The summed E-state index contributed by atoms with van der Waals surface area (Å²) in [5.41, 5.74) is 1.92. The summed E-state index contributed by atoms with van der Waals surface area (Å²) in [6.07, 6.45) is 3.33. The molecular formula is C11H12ClN3O. The van der Waals surface area contributed by atoms with Crippen LogP contribution in [0.5, 0.6) is 0 Å². The first kappa shape index (κ1) is 11.0. The van der Waals surface area contributed by atoms with Crippen LogP contribution in [0.4, 0.5) is 5.82 Å². The van der Waals surface area contributed by atoms with Crippen LogP contribution in [0.2, 0.25) is 5.15 Å². The van der Waals surface area contributed by atoms with Gasteiger partial charge in [0.2, 0.25) is 0 Å². The summed E-state index contributed by atoms with van der Waals surface area (Å²) in [6, 6.07) is 1.90. The van der Waals surface area contributed by atoms with Crippen LogP contribution >= 0.6 is 11.6 Å². The number of rotatable bonds is 3. The molecule has 16 heavy (non-hydrogen) atoms. The maximum atomic E-state index is 5.97. The van der Waals surface area contributed by atoms with Crippen molar-refractivity contribution in [2.45, 2.75) is 20.4 Å². The van der Waals surface area contributed by atoms with Crippen molar-refractivity contribution in [1.82, 2.24) is 9.97 Å². The molecule has 84 valence electrons. The number of halogens is 1. The molecule has 0 amide bonds. The van der Waals surface area contributed by atoms with Crippen molar-refractivity contribution in [2.24, 2.45) is 0 Å². The molecule has 0 aliphatic rings. The van der Waals surface area contributed by atoms with Crippen LogP contribution < -0.4 is 5.32 Å². The van der Waals surface area contributed by atoms with Gasteiger partial charge >= 0.3 is 0 Å². The van der Waals surface area contributed by atoms with E-state index in [0.717, 1.165) is 16.9 Å². The lowest BCUT2D eigenvalue weighted by atomic mass is 10.3. The van der Waals surface area contributed by atoms with Gasteiger partial charge in [-0.25, -0.2) is 9.97 Å². The second-order valence-corrected chi connectivity index (χ2v) is 3.88. The molecule has 0 radical (unpaired) electrons.